The summed E-state index contributed by atoms with van der Waals surface area (Å²) in [4.78, 5) is 11.9. The van der Waals surface area contributed by atoms with Crippen molar-refractivity contribution in [2.24, 2.45) is 11.8 Å². The van der Waals surface area contributed by atoms with Gasteiger partial charge in [0.25, 0.3) is 0 Å². The number of anilines is 1. The van der Waals surface area contributed by atoms with Crippen molar-refractivity contribution in [3.05, 3.63) is 94.5 Å². The van der Waals surface area contributed by atoms with Gasteiger partial charge in [-0.15, -0.1) is 0 Å². The van der Waals surface area contributed by atoms with Gasteiger partial charge in [-0.25, -0.2) is 4.79 Å². The summed E-state index contributed by atoms with van der Waals surface area (Å²) in [7, 11) is 1.38. The van der Waals surface area contributed by atoms with E-state index in [1.807, 2.05) is 42.5 Å². The molecule has 5 nitrogen and oxygen atoms in total. The molecule has 0 fully saturated rings. The summed E-state index contributed by atoms with van der Waals surface area (Å²) in [6.45, 7) is 4.43. The predicted molar refractivity (Wildman–Crippen MR) is 128 cm³/mol. The lowest BCUT2D eigenvalue weighted by Gasteiger charge is -2.42. The molecule has 0 spiro atoms. The van der Waals surface area contributed by atoms with E-state index in [4.69, 9.17) is 4.74 Å². The highest BCUT2D eigenvalue weighted by Crippen LogP contribution is 2.50. The first-order valence-corrected chi connectivity index (χ1v) is 11.2. The lowest BCUT2D eigenvalue weighted by atomic mass is 9.69. The van der Waals surface area contributed by atoms with E-state index in [9.17, 15) is 15.2 Å². The van der Waals surface area contributed by atoms with Crippen LogP contribution in [0, 0.1) is 23.2 Å². The Balaban J connectivity index is 1.85. The van der Waals surface area contributed by atoms with Gasteiger partial charge < -0.3 is 15.2 Å². The molecule has 168 valence electrons. The third kappa shape index (κ3) is 4.56. The topological polar surface area (TPSA) is 82.3 Å². The molecule has 0 saturated carbocycles. The van der Waals surface area contributed by atoms with Crippen LogP contribution in [0.5, 0.6) is 5.75 Å². The van der Waals surface area contributed by atoms with Crippen molar-refractivity contribution >= 4 is 11.7 Å². The number of methoxy groups -OCH3 is 1. The molecule has 1 aliphatic heterocycles. The number of fused-ring (bicyclic) bond motifs is 1. The third-order valence-corrected chi connectivity index (χ3v) is 6.37. The highest BCUT2D eigenvalue weighted by Gasteiger charge is 2.38. The van der Waals surface area contributed by atoms with E-state index in [1.165, 1.54) is 7.11 Å². The van der Waals surface area contributed by atoms with Crippen LogP contribution in [0.3, 0.4) is 0 Å². The summed E-state index contributed by atoms with van der Waals surface area (Å²) in [6.07, 6.45) is 0.957. The van der Waals surface area contributed by atoms with Gasteiger partial charge in [0, 0.05) is 11.6 Å². The van der Waals surface area contributed by atoms with Gasteiger partial charge in [0.1, 0.15) is 5.75 Å². The molecule has 3 aromatic carbocycles. The molecule has 33 heavy (non-hydrogen) atoms. The fraction of sp³-hybridized carbons (Fsp3) is 0.286. The molecule has 0 saturated heterocycles. The molecule has 1 heterocycles. The SMILES string of the molecule is COC(=O)c1ccc([C@H]2Nc3ccc(C#N)cc3[C@@H](c3ccc(O)cc3)[C@@H]2CC(C)C)cc1. The number of phenolic OH excluding ortho intramolecular Hbond substituents is 1. The Kier molecular flexibility index (Phi) is 6.37. The number of rotatable bonds is 5. The molecule has 0 unspecified atom stereocenters. The van der Waals surface area contributed by atoms with Crippen molar-refractivity contribution in [3.63, 3.8) is 0 Å². The zero-order chi connectivity index (χ0) is 23.5. The van der Waals surface area contributed by atoms with Crippen LogP contribution in [0.25, 0.3) is 0 Å². The summed E-state index contributed by atoms with van der Waals surface area (Å²) in [6, 6.07) is 23.0. The van der Waals surface area contributed by atoms with Gasteiger partial charge in [0.15, 0.2) is 0 Å². The summed E-state index contributed by atoms with van der Waals surface area (Å²) >= 11 is 0. The molecule has 2 N–H and O–H groups in total. The molecule has 0 bridgehead atoms. The van der Waals surface area contributed by atoms with E-state index in [1.54, 1.807) is 24.3 Å². The van der Waals surface area contributed by atoms with Gasteiger partial charge in [0.05, 0.1) is 30.3 Å². The lowest BCUT2D eigenvalue weighted by molar-refractivity contribution is 0.0600. The molecular weight excluding hydrogens is 412 g/mol. The minimum absolute atomic E-state index is 0.0123. The number of hydrogen-bond donors (Lipinski definition) is 2. The number of phenols is 1. The third-order valence-electron chi connectivity index (χ3n) is 6.37. The first kappa shape index (κ1) is 22.4. The fourth-order valence-electron chi connectivity index (χ4n) is 4.92. The van der Waals surface area contributed by atoms with E-state index < -0.39 is 0 Å². The number of benzene rings is 3. The molecule has 4 rings (SSSR count). The van der Waals surface area contributed by atoms with Crippen LogP contribution < -0.4 is 5.32 Å². The van der Waals surface area contributed by atoms with Crippen LogP contribution in [0.4, 0.5) is 5.69 Å². The molecule has 0 amide bonds. The van der Waals surface area contributed by atoms with Crippen molar-refractivity contribution in [2.75, 3.05) is 12.4 Å². The van der Waals surface area contributed by atoms with Crippen LogP contribution in [0.15, 0.2) is 66.7 Å². The Bertz CT molecular complexity index is 1180. The molecule has 3 aromatic rings. The molecule has 5 heteroatoms. The minimum Gasteiger partial charge on any atom is -0.508 e. The number of hydrogen-bond acceptors (Lipinski definition) is 5. The van der Waals surface area contributed by atoms with E-state index in [2.05, 4.69) is 25.2 Å². The van der Waals surface area contributed by atoms with Crippen molar-refractivity contribution in [3.8, 4) is 11.8 Å². The smallest absolute Gasteiger partial charge is 0.337 e. The van der Waals surface area contributed by atoms with Gasteiger partial charge >= 0.3 is 5.97 Å². The monoisotopic (exact) mass is 440 g/mol. The first-order chi connectivity index (χ1) is 15.9. The second-order valence-corrected chi connectivity index (χ2v) is 9.01. The Labute approximate surface area is 194 Å². The second-order valence-electron chi connectivity index (χ2n) is 9.01. The van der Waals surface area contributed by atoms with Gasteiger partial charge in [-0.3, -0.25) is 0 Å². The lowest BCUT2D eigenvalue weighted by Crippen LogP contribution is -2.33. The van der Waals surface area contributed by atoms with E-state index in [0.717, 1.165) is 28.8 Å². The summed E-state index contributed by atoms with van der Waals surface area (Å²) in [5.74, 6) is 0.569. The maximum absolute atomic E-state index is 11.9. The largest absolute Gasteiger partial charge is 0.508 e. The van der Waals surface area contributed by atoms with Crippen molar-refractivity contribution < 1.29 is 14.6 Å². The molecule has 1 aliphatic rings. The number of esters is 1. The number of nitrogens with one attached hydrogen (secondary N) is 1. The van der Waals surface area contributed by atoms with Gasteiger partial charge in [-0.05, 0) is 77.4 Å². The Morgan fingerprint density at radius 1 is 1.06 bits per heavy atom. The highest BCUT2D eigenvalue weighted by atomic mass is 16.5. The van der Waals surface area contributed by atoms with Crippen LogP contribution in [0.2, 0.25) is 0 Å². The van der Waals surface area contributed by atoms with Crippen LogP contribution >= 0.6 is 0 Å². The highest BCUT2D eigenvalue weighted by molar-refractivity contribution is 5.89. The Hall–Kier alpha value is -3.78. The van der Waals surface area contributed by atoms with Gasteiger partial charge in [-0.1, -0.05) is 38.1 Å². The van der Waals surface area contributed by atoms with Crippen molar-refractivity contribution in [1.82, 2.24) is 0 Å². The average molecular weight is 441 g/mol. The van der Waals surface area contributed by atoms with E-state index >= 15 is 0 Å². The molecular formula is C28H28N2O3. The maximum Gasteiger partial charge on any atom is 0.337 e. The fourth-order valence-corrected chi connectivity index (χ4v) is 4.92. The number of ether oxygens (including phenoxy) is 1. The van der Waals surface area contributed by atoms with E-state index in [0.29, 0.717) is 17.0 Å². The summed E-state index contributed by atoms with van der Waals surface area (Å²) < 4.78 is 4.85. The second kappa shape index (κ2) is 9.38. The van der Waals surface area contributed by atoms with Crippen LogP contribution in [0.1, 0.15) is 64.8 Å². The molecule has 0 aromatic heterocycles. The quantitative estimate of drug-likeness (QED) is 0.475. The molecule has 0 aliphatic carbocycles. The number of carbonyl (C=O) groups is 1. The minimum atomic E-state index is -0.353. The Morgan fingerprint density at radius 3 is 2.33 bits per heavy atom. The standard InChI is InChI=1S/C28H28N2O3/c1-17(2)14-24-26(19-9-11-22(31)12-10-19)23-15-18(16-29)4-13-25(23)30-27(24)20-5-7-21(8-6-20)28(32)33-3/h4-13,15,17,24,26-27,30-31H,14H2,1-3H3/t24-,26+,27+/m0/s1. The van der Waals surface area contributed by atoms with Crippen LogP contribution in [-0.2, 0) is 4.74 Å². The number of nitriles is 1. The predicted octanol–water partition coefficient (Wildman–Crippen LogP) is 6.01. The number of aromatic hydroxyl groups is 1. The Morgan fingerprint density at radius 2 is 1.73 bits per heavy atom. The first-order valence-electron chi connectivity index (χ1n) is 11.2. The zero-order valence-corrected chi connectivity index (χ0v) is 19.1. The molecule has 3 atom stereocenters. The average Bonchev–Trinajstić information content (AvgIpc) is 2.83. The number of carbonyl (C=O) groups excluding carboxylic acids is 1. The summed E-state index contributed by atoms with van der Waals surface area (Å²) in [5, 5.41) is 23.1. The normalized spacial score (nSPS) is 19.3. The van der Waals surface area contributed by atoms with Gasteiger partial charge in [-0.2, -0.15) is 5.26 Å². The molecule has 0 radical (unpaired) electrons. The maximum atomic E-state index is 11.9. The number of nitrogens with zero attached hydrogens (tertiary/aromatic N) is 1. The van der Waals surface area contributed by atoms with E-state index in [-0.39, 0.29) is 29.6 Å². The summed E-state index contributed by atoms with van der Waals surface area (Å²) in [5.41, 5.74) is 5.43. The zero-order valence-electron chi connectivity index (χ0n) is 19.1. The van der Waals surface area contributed by atoms with Crippen LogP contribution in [-0.4, -0.2) is 18.2 Å². The van der Waals surface area contributed by atoms with Crippen molar-refractivity contribution in [2.45, 2.75) is 32.2 Å². The van der Waals surface area contributed by atoms with Gasteiger partial charge in [0.2, 0.25) is 0 Å². The van der Waals surface area contributed by atoms with Crippen molar-refractivity contribution in [1.29, 1.82) is 5.26 Å².